The molecule has 0 aliphatic rings. The molecule has 7 nitrogen and oxygen atoms in total. The molecule has 0 aromatic carbocycles. The summed E-state index contributed by atoms with van der Waals surface area (Å²) in [5.41, 5.74) is 0. The van der Waals surface area contributed by atoms with Crippen molar-refractivity contribution in [2.75, 3.05) is 6.61 Å². The second-order valence-corrected chi connectivity index (χ2v) is 2.49. The molecule has 0 aromatic heterocycles. The second-order valence-electron chi connectivity index (χ2n) is 2.49. The summed E-state index contributed by atoms with van der Waals surface area (Å²) in [7, 11) is 0. The van der Waals surface area contributed by atoms with Gasteiger partial charge in [-0.3, -0.25) is 0 Å². The molecule has 0 rings (SSSR count). The molecule has 0 unspecified atom stereocenters. The smallest absolute Gasteiger partial charge is 0.547 e. The normalized spacial score (nSPS) is 15.6. The van der Waals surface area contributed by atoms with Crippen LogP contribution in [0, 0.1) is 0 Å². The van der Waals surface area contributed by atoms with Crippen molar-refractivity contribution in [1.82, 2.24) is 0 Å². The largest absolute Gasteiger partial charge is 1.00 e. The van der Waals surface area contributed by atoms with Crippen LogP contribution in [0.3, 0.4) is 0 Å². The fourth-order valence-electron chi connectivity index (χ4n) is 0.662. The maximum atomic E-state index is 9.98. The molecule has 0 aliphatic heterocycles. The fourth-order valence-corrected chi connectivity index (χ4v) is 0.662. The summed E-state index contributed by atoms with van der Waals surface area (Å²) in [6.07, 6.45) is -8.08. The monoisotopic (exact) mass is 326 g/mol. The summed E-state index contributed by atoms with van der Waals surface area (Å²) in [5, 5.41) is 53.4. The number of halogens is 3. The first-order valence-corrected chi connectivity index (χ1v) is 3.45. The van der Waals surface area contributed by atoms with Crippen molar-refractivity contribution in [3.63, 3.8) is 0 Å². The van der Waals surface area contributed by atoms with Gasteiger partial charge < -0.3 is 35.4 Å². The van der Waals surface area contributed by atoms with Crippen LogP contribution in [0.4, 0.5) is 0 Å². The Morgan fingerprint density at radius 2 is 1.35 bits per heavy atom. The van der Waals surface area contributed by atoms with Gasteiger partial charge in [0.15, 0.2) is 0 Å². The van der Waals surface area contributed by atoms with E-state index in [1.54, 1.807) is 0 Å². The molecule has 0 saturated carbocycles. The molecule has 0 aliphatic carbocycles. The number of hydrogen-bond donors (Lipinski definition) is 5. The predicted molar refractivity (Wildman–Crippen MR) is 57.9 cm³/mol. The van der Waals surface area contributed by atoms with Gasteiger partial charge in [-0.25, -0.2) is 0 Å². The Labute approximate surface area is 138 Å². The number of carboxylic acids is 1. The van der Waals surface area contributed by atoms with E-state index in [4.69, 9.17) is 25.5 Å². The summed E-state index contributed by atoms with van der Waals surface area (Å²) in [6, 6.07) is 0. The quantitative estimate of drug-likeness (QED) is 0.316. The van der Waals surface area contributed by atoms with E-state index in [1.165, 1.54) is 0 Å². The number of hydrogen-bond acceptors (Lipinski definition) is 7. The Hall–Kier alpha value is 1.14. The van der Waals surface area contributed by atoms with Crippen molar-refractivity contribution < 1.29 is 65.0 Å². The van der Waals surface area contributed by atoms with Gasteiger partial charge in [0.25, 0.3) is 0 Å². The number of carbonyl (C=O) groups excluding carboxylic acids is 1. The maximum absolute atomic E-state index is 9.98. The fraction of sp³-hybridized carbons (Fsp3) is 0.833. The Morgan fingerprint density at radius 1 is 1.00 bits per heavy atom. The van der Waals surface area contributed by atoms with E-state index in [0.717, 1.165) is 0 Å². The van der Waals surface area contributed by atoms with E-state index in [0.29, 0.717) is 0 Å². The molecule has 4 atom stereocenters. The summed E-state index contributed by atoms with van der Waals surface area (Å²) >= 11 is 0. The maximum Gasteiger partial charge on any atom is 1.00 e. The molecule has 0 radical (unpaired) electrons. The number of carbonyl (C=O) groups is 1. The third-order valence-electron chi connectivity index (χ3n) is 1.50. The van der Waals surface area contributed by atoms with Crippen molar-refractivity contribution in [1.29, 1.82) is 0 Å². The minimum Gasteiger partial charge on any atom is -0.547 e. The van der Waals surface area contributed by atoms with Crippen LogP contribution < -0.4 is 34.7 Å². The van der Waals surface area contributed by atoms with Gasteiger partial charge in [-0.1, -0.05) is 0 Å². The van der Waals surface area contributed by atoms with Gasteiger partial charge in [-0.15, -0.1) is 37.2 Å². The van der Waals surface area contributed by atoms with Gasteiger partial charge in [0, 0.05) is 0 Å². The predicted octanol–water partition coefficient (Wildman–Crippen LogP) is -6.56. The topological polar surface area (TPSA) is 141 Å². The molecule has 5 N–H and O–H groups in total. The molecule has 11 heteroatoms. The van der Waals surface area contributed by atoms with Gasteiger partial charge >= 0.3 is 29.6 Å². The van der Waals surface area contributed by atoms with Gasteiger partial charge in [0.1, 0.15) is 24.4 Å². The second kappa shape index (κ2) is 15.2. The molecule has 17 heavy (non-hydrogen) atoms. The zero-order valence-electron chi connectivity index (χ0n) is 8.79. The van der Waals surface area contributed by atoms with E-state index in [9.17, 15) is 9.90 Å². The van der Waals surface area contributed by atoms with Crippen molar-refractivity contribution in [2.45, 2.75) is 24.4 Å². The minimum absolute atomic E-state index is 0. The summed E-state index contributed by atoms with van der Waals surface area (Å²) in [5.74, 6) is -1.98. The van der Waals surface area contributed by atoms with Crippen molar-refractivity contribution >= 4 is 43.2 Å². The van der Waals surface area contributed by atoms with Crippen LogP contribution >= 0.6 is 37.2 Å². The van der Waals surface area contributed by atoms with Gasteiger partial charge in [-0.2, -0.15) is 0 Å². The summed E-state index contributed by atoms with van der Waals surface area (Å²) in [4.78, 5) is 9.98. The average molecular weight is 328 g/mol. The first-order valence-electron chi connectivity index (χ1n) is 3.45. The zero-order valence-corrected chi connectivity index (χ0v) is 13.2. The first kappa shape index (κ1) is 30.9. The van der Waals surface area contributed by atoms with Crippen LogP contribution in [0.1, 0.15) is 0 Å². The van der Waals surface area contributed by atoms with Crippen LogP contribution in [-0.4, -0.2) is 62.5 Å². The Balaban J connectivity index is -0.000000120. The molecule has 0 spiro atoms. The van der Waals surface area contributed by atoms with Crippen LogP contribution in [-0.2, 0) is 4.79 Å². The molecule has 0 fully saturated rings. The summed E-state index contributed by atoms with van der Waals surface area (Å²) in [6.45, 7) is -0.863. The molecule has 0 aromatic rings. The van der Waals surface area contributed by atoms with E-state index in [-0.39, 0.29) is 66.8 Å². The van der Waals surface area contributed by atoms with Crippen LogP contribution in [0.2, 0.25) is 0 Å². The first-order chi connectivity index (χ1) is 5.91. The van der Waals surface area contributed by atoms with Crippen LogP contribution in [0.15, 0.2) is 0 Å². The van der Waals surface area contributed by atoms with E-state index in [2.05, 4.69) is 0 Å². The number of aliphatic carboxylic acids is 1. The molecule has 0 saturated heterocycles. The third-order valence-corrected chi connectivity index (χ3v) is 1.50. The average Bonchev–Trinajstić information content (AvgIpc) is 2.12. The van der Waals surface area contributed by atoms with Gasteiger partial charge in [-0.05, 0) is 0 Å². The molecule has 0 amide bonds. The minimum atomic E-state index is -2.31. The number of rotatable bonds is 5. The van der Waals surface area contributed by atoms with Crippen molar-refractivity contribution in [3.05, 3.63) is 0 Å². The third kappa shape index (κ3) is 10.7. The summed E-state index contributed by atoms with van der Waals surface area (Å²) < 4.78 is 0. The van der Waals surface area contributed by atoms with Crippen molar-refractivity contribution in [3.8, 4) is 0 Å². The molecular formula is C6H14Cl3NaO7. The van der Waals surface area contributed by atoms with Crippen molar-refractivity contribution in [2.24, 2.45) is 0 Å². The Kier molecular flexibility index (Phi) is 27.6. The standard InChI is InChI=1S/C6H12O7.3ClH.Na/c7-1-2(8)3(9)4(10)5(11)6(12)13;;;;/h2-5,7-11H,1H2,(H,12,13);3*1H;/q;;;;+1/p-1/t2-,3-,4+,5-;;;;/m1..../s1. The molecule has 0 bridgehead atoms. The zero-order chi connectivity index (χ0) is 10.6. The number of aliphatic hydroxyl groups excluding tert-OH is 5. The SMILES string of the molecule is Cl.Cl.Cl.O=C([O-])[C@H](O)[C@@H](O)[C@H](O)[C@H](O)CO.[Na+]. The van der Waals surface area contributed by atoms with Crippen LogP contribution in [0.25, 0.3) is 0 Å². The molecular weight excluding hydrogens is 313 g/mol. The van der Waals surface area contributed by atoms with E-state index < -0.39 is 37.0 Å². The van der Waals surface area contributed by atoms with Gasteiger partial charge in [0.05, 0.1) is 12.6 Å². The number of aliphatic hydroxyl groups is 5. The van der Waals surface area contributed by atoms with Crippen LogP contribution in [0.5, 0.6) is 0 Å². The van der Waals surface area contributed by atoms with E-state index in [1.807, 2.05) is 0 Å². The van der Waals surface area contributed by atoms with E-state index >= 15 is 0 Å². The Bertz CT molecular complexity index is 187. The van der Waals surface area contributed by atoms with Gasteiger partial charge in [0.2, 0.25) is 0 Å². The Morgan fingerprint density at radius 3 is 1.59 bits per heavy atom. The molecule has 0 heterocycles. The molecule has 102 valence electrons. The number of carboxylic acid groups (broad SMARTS) is 1.